The number of carbonyl (C=O) groups is 1. The van der Waals surface area contributed by atoms with Crippen LogP contribution in [0.5, 0.6) is 0 Å². The Morgan fingerprint density at radius 3 is 1.26 bits per heavy atom. The number of hydrogen-bond acceptors (Lipinski definition) is 3. The summed E-state index contributed by atoms with van der Waals surface area (Å²) in [6, 6.07) is -0.640. The molecule has 0 aromatic rings. The van der Waals surface area contributed by atoms with E-state index in [1.54, 1.807) is 6.08 Å². The first-order chi connectivity index (χ1) is 22.7. The first-order valence-corrected chi connectivity index (χ1v) is 20.2. The largest absolute Gasteiger partial charge is 0.394 e. The Hall–Kier alpha value is -1.39. The van der Waals surface area contributed by atoms with Crippen LogP contribution in [0.1, 0.15) is 206 Å². The number of rotatable bonds is 36. The van der Waals surface area contributed by atoms with E-state index in [9.17, 15) is 15.0 Å². The van der Waals surface area contributed by atoms with Gasteiger partial charge in [0.15, 0.2) is 0 Å². The number of hydrogen-bond donors (Lipinski definition) is 3. The molecule has 0 aliphatic carbocycles. The summed E-state index contributed by atoms with van der Waals surface area (Å²) < 4.78 is 0. The summed E-state index contributed by atoms with van der Waals surface area (Å²) in [5.41, 5.74) is 0. The van der Waals surface area contributed by atoms with Crippen molar-refractivity contribution in [3.63, 3.8) is 0 Å². The van der Waals surface area contributed by atoms with Gasteiger partial charge in [-0.1, -0.05) is 192 Å². The summed E-state index contributed by atoms with van der Waals surface area (Å²) >= 11 is 0. The van der Waals surface area contributed by atoms with Crippen molar-refractivity contribution in [2.45, 2.75) is 219 Å². The number of aliphatic hydroxyl groups is 2. The topological polar surface area (TPSA) is 69.6 Å². The fourth-order valence-electron chi connectivity index (χ4n) is 5.97. The van der Waals surface area contributed by atoms with Gasteiger partial charge >= 0.3 is 0 Å². The summed E-state index contributed by atoms with van der Waals surface area (Å²) in [5.74, 6) is -0.0799. The molecule has 0 heterocycles. The molecule has 0 aromatic heterocycles. The third-order valence-corrected chi connectivity index (χ3v) is 9.10. The Balaban J connectivity index is 3.64. The zero-order valence-corrected chi connectivity index (χ0v) is 30.8. The van der Waals surface area contributed by atoms with Gasteiger partial charge in [0.2, 0.25) is 5.91 Å². The average Bonchev–Trinajstić information content (AvgIpc) is 3.06. The van der Waals surface area contributed by atoms with Gasteiger partial charge in [-0.05, 0) is 44.9 Å². The van der Waals surface area contributed by atoms with Crippen LogP contribution < -0.4 is 5.32 Å². The molecule has 3 N–H and O–H groups in total. The molecule has 4 nitrogen and oxygen atoms in total. The van der Waals surface area contributed by atoms with Crippen molar-refractivity contribution in [3.8, 4) is 0 Å². The van der Waals surface area contributed by atoms with Gasteiger partial charge in [0.1, 0.15) is 0 Å². The zero-order valence-electron chi connectivity index (χ0n) is 30.8. The highest BCUT2D eigenvalue weighted by Crippen LogP contribution is 2.14. The molecule has 0 fully saturated rings. The molecule has 46 heavy (non-hydrogen) atoms. The molecule has 4 heteroatoms. The maximum atomic E-state index is 12.3. The molecule has 0 aliphatic heterocycles. The van der Waals surface area contributed by atoms with Crippen molar-refractivity contribution < 1.29 is 15.0 Å². The minimum Gasteiger partial charge on any atom is -0.394 e. The Kier molecular flexibility index (Phi) is 36.9. The number of amides is 1. The van der Waals surface area contributed by atoms with E-state index in [1.807, 2.05) is 6.08 Å². The molecule has 0 radical (unpaired) electrons. The highest BCUT2D eigenvalue weighted by atomic mass is 16.3. The van der Waals surface area contributed by atoms with Crippen molar-refractivity contribution >= 4 is 5.91 Å². The van der Waals surface area contributed by atoms with Crippen molar-refractivity contribution in [1.82, 2.24) is 5.32 Å². The average molecular weight is 646 g/mol. The van der Waals surface area contributed by atoms with E-state index in [0.29, 0.717) is 6.42 Å². The molecule has 1 amide bonds. The predicted octanol–water partition coefficient (Wildman–Crippen LogP) is 12.2. The van der Waals surface area contributed by atoms with Crippen LogP contribution in [0.2, 0.25) is 0 Å². The summed E-state index contributed by atoms with van der Waals surface area (Å²) in [4.78, 5) is 12.3. The standard InChI is InChI=1S/C42H79NO3/c1-3-5-7-9-11-13-15-16-17-18-19-20-21-22-23-24-25-26-28-29-31-33-35-37-41(45)40(39-44)43-42(46)38-36-34-32-30-27-14-12-10-8-6-4-2/h23-24,28-29,35,37,40-41,44-45H,3-22,25-27,30-34,36,38-39H2,1-2H3,(H,43,46)/b24-23+,29-28+,37-35+. The van der Waals surface area contributed by atoms with Crippen LogP contribution in [0.25, 0.3) is 0 Å². The van der Waals surface area contributed by atoms with Crippen LogP contribution in [-0.2, 0) is 4.79 Å². The quantitative estimate of drug-likeness (QED) is 0.0469. The normalized spacial score (nSPS) is 13.4. The van der Waals surface area contributed by atoms with Gasteiger partial charge in [-0.3, -0.25) is 4.79 Å². The first-order valence-electron chi connectivity index (χ1n) is 20.2. The van der Waals surface area contributed by atoms with E-state index in [-0.39, 0.29) is 12.5 Å². The van der Waals surface area contributed by atoms with Gasteiger partial charge in [-0.2, -0.15) is 0 Å². The summed E-state index contributed by atoms with van der Waals surface area (Å²) in [7, 11) is 0. The lowest BCUT2D eigenvalue weighted by atomic mass is 10.0. The van der Waals surface area contributed by atoms with Crippen LogP contribution >= 0.6 is 0 Å². The van der Waals surface area contributed by atoms with E-state index < -0.39 is 12.1 Å². The lowest BCUT2D eigenvalue weighted by Crippen LogP contribution is -2.45. The number of carbonyl (C=O) groups excluding carboxylic acids is 1. The second-order valence-corrected chi connectivity index (χ2v) is 13.7. The van der Waals surface area contributed by atoms with Crippen LogP contribution in [0.4, 0.5) is 0 Å². The fraction of sp³-hybridized carbons (Fsp3) is 0.833. The molecule has 0 saturated carbocycles. The Morgan fingerprint density at radius 1 is 0.500 bits per heavy atom. The van der Waals surface area contributed by atoms with Gasteiger partial charge in [0.05, 0.1) is 18.8 Å². The third kappa shape index (κ3) is 34.0. The van der Waals surface area contributed by atoms with E-state index in [4.69, 9.17) is 0 Å². The van der Waals surface area contributed by atoms with Crippen LogP contribution in [0, 0.1) is 0 Å². The Bertz CT molecular complexity index is 701. The Labute approximate surface area is 287 Å². The number of aliphatic hydroxyl groups excluding tert-OH is 2. The van der Waals surface area contributed by atoms with E-state index in [0.717, 1.165) is 38.5 Å². The maximum Gasteiger partial charge on any atom is 0.220 e. The molecule has 0 spiro atoms. The van der Waals surface area contributed by atoms with Crippen molar-refractivity contribution in [1.29, 1.82) is 0 Å². The SMILES string of the molecule is CCCCCCCCCCCCCCC/C=C/CC/C=C/CC/C=C/C(O)C(CO)NC(=O)CCCCCCCCCCCCC. The number of unbranched alkanes of at least 4 members (excludes halogenated alkanes) is 25. The maximum absolute atomic E-state index is 12.3. The van der Waals surface area contributed by atoms with E-state index in [2.05, 4.69) is 43.5 Å². The van der Waals surface area contributed by atoms with Gasteiger partial charge in [-0.15, -0.1) is 0 Å². The molecule has 0 aromatic carbocycles. The first kappa shape index (κ1) is 44.6. The highest BCUT2D eigenvalue weighted by molar-refractivity contribution is 5.76. The number of allylic oxidation sites excluding steroid dienone is 5. The lowest BCUT2D eigenvalue weighted by molar-refractivity contribution is -0.123. The molecule has 0 bridgehead atoms. The van der Waals surface area contributed by atoms with Gasteiger partial charge in [0, 0.05) is 6.42 Å². The lowest BCUT2D eigenvalue weighted by Gasteiger charge is -2.19. The highest BCUT2D eigenvalue weighted by Gasteiger charge is 2.17. The molecule has 0 rings (SSSR count). The van der Waals surface area contributed by atoms with Crippen LogP contribution in [0.15, 0.2) is 36.5 Å². The Morgan fingerprint density at radius 2 is 0.848 bits per heavy atom. The number of nitrogens with one attached hydrogen (secondary N) is 1. The smallest absolute Gasteiger partial charge is 0.220 e. The summed E-state index contributed by atoms with van der Waals surface area (Å²) in [5, 5.41) is 22.9. The van der Waals surface area contributed by atoms with Gasteiger partial charge in [0.25, 0.3) is 0 Å². The van der Waals surface area contributed by atoms with Gasteiger partial charge in [-0.25, -0.2) is 0 Å². The van der Waals surface area contributed by atoms with Crippen molar-refractivity contribution in [2.24, 2.45) is 0 Å². The second kappa shape index (κ2) is 38.1. The van der Waals surface area contributed by atoms with Crippen LogP contribution in [-0.4, -0.2) is 34.9 Å². The monoisotopic (exact) mass is 646 g/mol. The molecule has 2 atom stereocenters. The molecular formula is C42H79NO3. The molecular weight excluding hydrogens is 566 g/mol. The molecule has 0 aliphatic rings. The van der Waals surface area contributed by atoms with E-state index in [1.165, 1.54) is 148 Å². The minimum atomic E-state index is -0.865. The zero-order chi connectivity index (χ0) is 33.6. The summed E-state index contributed by atoms with van der Waals surface area (Å²) in [6.07, 6.45) is 49.6. The predicted molar refractivity (Wildman–Crippen MR) is 202 cm³/mol. The summed E-state index contributed by atoms with van der Waals surface area (Å²) in [6.45, 7) is 4.28. The molecule has 2 unspecified atom stereocenters. The van der Waals surface area contributed by atoms with E-state index >= 15 is 0 Å². The van der Waals surface area contributed by atoms with Crippen LogP contribution in [0.3, 0.4) is 0 Å². The second-order valence-electron chi connectivity index (χ2n) is 13.7. The molecule has 270 valence electrons. The third-order valence-electron chi connectivity index (χ3n) is 9.10. The molecule has 0 saturated heterocycles. The minimum absolute atomic E-state index is 0.0799. The fourth-order valence-corrected chi connectivity index (χ4v) is 5.97. The van der Waals surface area contributed by atoms with Crippen molar-refractivity contribution in [3.05, 3.63) is 36.5 Å². The van der Waals surface area contributed by atoms with Gasteiger partial charge < -0.3 is 15.5 Å². The van der Waals surface area contributed by atoms with Crippen molar-refractivity contribution in [2.75, 3.05) is 6.61 Å².